The molecule has 2 atom stereocenters. The molecule has 2 unspecified atom stereocenters. The number of benzene rings is 1. The molecule has 9 heteroatoms. The summed E-state index contributed by atoms with van der Waals surface area (Å²) in [4.78, 5) is 32.4. The zero-order chi connectivity index (χ0) is 22.0. The molecular weight excluding hydrogens is 416 g/mol. The van der Waals surface area contributed by atoms with Crippen LogP contribution < -0.4 is 5.32 Å². The maximum Gasteiger partial charge on any atom is 0.243 e. The summed E-state index contributed by atoms with van der Waals surface area (Å²) in [6.45, 7) is 4.21. The van der Waals surface area contributed by atoms with Crippen LogP contribution in [-0.2, 0) is 22.6 Å². The summed E-state index contributed by atoms with van der Waals surface area (Å²) < 4.78 is 5.11. The number of likely N-dealkylation sites (tertiary alicyclic amines) is 1. The van der Waals surface area contributed by atoms with E-state index in [-0.39, 0.29) is 31.2 Å². The molecule has 8 nitrogen and oxygen atoms in total. The minimum atomic E-state index is -0.728. The van der Waals surface area contributed by atoms with Gasteiger partial charge in [-0.1, -0.05) is 23.4 Å². The van der Waals surface area contributed by atoms with Crippen molar-refractivity contribution >= 4 is 23.2 Å². The molecule has 2 amide bonds. The fraction of sp³-hybridized carbons (Fsp3) is 0.364. The first kappa shape index (κ1) is 21.2. The van der Waals surface area contributed by atoms with E-state index >= 15 is 0 Å². The third-order valence-corrected chi connectivity index (χ3v) is 6.28. The maximum absolute atomic E-state index is 12.8. The van der Waals surface area contributed by atoms with Crippen molar-refractivity contribution in [1.29, 1.82) is 0 Å². The zero-order valence-corrected chi connectivity index (χ0v) is 18.2. The summed E-state index contributed by atoms with van der Waals surface area (Å²) in [5.74, 6) is -0.105. The van der Waals surface area contributed by atoms with Crippen molar-refractivity contribution < 1.29 is 19.2 Å². The fourth-order valence-electron chi connectivity index (χ4n) is 3.80. The van der Waals surface area contributed by atoms with Crippen LogP contribution in [0.1, 0.15) is 29.1 Å². The normalized spacial score (nSPS) is 18.4. The number of carbonyl (C=O) groups excluding carboxylic acids is 2. The van der Waals surface area contributed by atoms with Gasteiger partial charge in [0.05, 0.1) is 34.3 Å². The second-order valence-corrected chi connectivity index (χ2v) is 8.60. The number of rotatable bonds is 6. The molecule has 1 saturated heterocycles. The Labute approximate surface area is 183 Å². The van der Waals surface area contributed by atoms with Crippen LogP contribution in [0.25, 0.3) is 10.4 Å². The van der Waals surface area contributed by atoms with Crippen LogP contribution in [0.2, 0.25) is 0 Å². The molecule has 31 heavy (non-hydrogen) atoms. The van der Waals surface area contributed by atoms with Crippen molar-refractivity contribution in [3.05, 3.63) is 58.6 Å². The Morgan fingerprint density at radius 3 is 2.87 bits per heavy atom. The molecule has 1 aromatic carbocycles. The SMILES string of the molecule is Cc1cc(CC(=O)N2CC(O)CC2C(=O)NCc2cccc(-c3scnc3C)c2)on1. The Kier molecular flexibility index (Phi) is 6.15. The number of aromatic nitrogens is 2. The quantitative estimate of drug-likeness (QED) is 0.609. The number of aliphatic hydroxyl groups excluding tert-OH is 1. The van der Waals surface area contributed by atoms with Crippen LogP contribution in [0.15, 0.2) is 40.4 Å². The molecule has 1 fully saturated rings. The molecule has 0 bridgehead atoms. The number of aliphatic hydroxyl groups is 1. The lowest BCUT2D eigenvalue weighted by molar-refractivity contribution is -0.138. The van der Waals surface area contributed by atoms with E-state index in [0.717, 1.165) is 21.7 Å². The van der Waals surface area contributed by atoms with Crippen LogP contribution >= 0.6 is 11.3 Å². The van der Waals surface area contributed by atoms with Gasteiger partial charge in [0.25, 0.3) is 0 Å². The average Bonchev–Trinajstić information content (AvgIpc) is 3.46. The summed E-state index contributed by atoms with van der Waals surface area (Å²) in [6.07, 6.45) is -0.505. The van der Waals surface area contributed by atoms with E-state index in [2.05, 4.69) is 15.5 Å². The topological polar surface area (TPSA) is 109 Å². The fourth-order valence-corrected chi connectivity index (χ4v) is 4.60. The third kappa shape index (κ3) is 4.83. The van der Waals surface area contributed by atoms with E-state index in [1.807, 2.05) is 36.7 Å². The van der Waals surface area contributed by atoms with E-state index in [0.29, 0.717) is 18.0 Å². The van der Waals surface area contributed by atoms with E-state index in [1.165, 1.54) is 4.90 Å². The lowest BCUT2D eigenvalue weighted by atomic mass is 10.1. The van der Waals surface area contributed by atoms with Gasteiger partial charge in [-0.05, 0) is 31.0 Å². The molecule has 1 aliphatic rings. The van der Waals surface area contributed by atoms with Gasteiger partial charge in [0.1, 0.15) is 11.8 Å². The van der Waals surface area contributed by atoms with E-state index in [1.54, 1.807) is 24.3 Å². The van der Waals surface area contributed by atoms with Gasteiger partial charge in [-0.3, -0.25) is 9.59 Å². The van der Waals surface area contributed by atoms with Gasteiger partial charge in [0.15, 0.2) is 0 Å². The third-order valence-electron chi connectivity index (χ3n) is 5.31. The van der Waals surface area contributed by atoms with Gasteiger partial charge < -0.3 is 19.8 Å². The van der Waals surface area contributed by atoms with Crippen molar-refractivity contribution in [2.24, 2.45) is 0 Å². The summed E-state index contributed by atoms with van der Waals surface area (Å²) in [6, 6.07) is 8.92. The predicted molar refractivity (Wildman–Crippen MR) is 115 cm³/mol. The van der Waals surface area contributed by atoms with Gasteiger partial charge >= 0.3 is 0 Å². The number of aryl methyl sites for hydroxylation is 2. The van der Waals surface area contributed by atoms with Crippen LogP contribution in [0.5, 0.6) is 0 Å². The second kappa shape index (κ2) is 8.99. The highest BCUT2D eigenvalue weighted by Gasteiger charge is 2.38. The van der Waals surface area contributed by atoms with Crippen molar-refractivity contribution in [2.75, 3.05) is 6.54 Å². The van der Waals surface area contributed by atoms with Crippen molar-refractivity contribution in [2.45, 2.75) is 45.4 Å². The van der Waals surface area contributed by atoms with E-state index < -0.39 is 12.1 Å². The summed E-state index contributed by atoms with van der Waals surface area (Å²) >= 11 is 1.58. The van der Waals surface area contributed by atoms with Crippen molar-refractivity contribution in [1.82, 2.24) is 20.4 Å². The minimum absolute atomic E-state index is 0.00753. The van der Waals surface area contributed by atoms with Gasteiger partial charge in [-0.25, -0.2) is 4.98 Å². The minimum Gasteiger partial charge on any atom is -0.391 e. The number of hydrogen-bond donors (Lipinski definition) is 2. The Morgan fingerprint density at radius 1 is 1.32 bits per heavy atom. The Bertz CT molecular complexity index is 1090. The number of carbonyl (C=O) groups is 2. The zero-order valence-electron chi connectivity index (χ0n) is 17.4. The maximum atomic E-state index is 12.8. The van der Waals surface area contributed by atoms with Crippen molar-refractivity contribution in [3.63, 3.8) is 0 Å². The summed E-state index contributed by atoms with van der Waals surface area (Å²) in [5.41, 5.74) is 5.49. The van der Waals surface area contributed by atoms with Gasteiger partial charge in [-0.15, -0.1) is 11.3 Å². The highest BCUT2D eigenvalue weighted by Crippen LogP contribution is 2.27. The number of nitrogens with zero attached hydrogens (tertiary/aromatic N) is 3. The molecule has 0 radical (unpaired) electrons. The number of nitrogens with one attached hydrogen (secondary N) is 1. The number of thiazole rings is 1. The molecule has 1 aliphatic heterocycles. The van der Waals surface area contributed by atoms with Crippen LogP contribution in [0.4, 0.5) is 0 Å². The summed E-state index contributed by atoms with van der Waals surface area (Å²) in [5, 5.41) is 16.8. The van der Waals surface area contributed by atoms with E-state index in [9.17, 15) is 14.7 Å². The van der Waals surface area contributed by atoms with Gasteiger partial charge in [-0.2, -0.15) is 0 Å². The molecule has 3 aromatic rings. The lowest BCUT2D eigenvalue weighted by Gasteiger charge is -2.23. The smallest absolute Gasteiger partial charge is 0.243 e. The first-order valence-corrected chi connectivity index (χ1v) is 11.0. The molecule has 3 heterocycles. The Balaban J connectivity index is 1.40. The first-order chi connectivity index (χ1) is 14.9. The molecule has 0 spiro atoms. The lowest BCUT2D eigenvalue weighted by Crippen LogP contribution is -2.46. The van der Waals surface area contributed by atoms with Crippen LogP contribution in [-0.4, -0.2) is 50.7 Å². The van der Waals surface area contributed by atoms with E-state index in [4.69, 9.17) is 4.52 Å². The summed E-state index contributed by atoms with van der Waals surface area (Å²) in [7, 11) is 0. The molecule has 4 rings (SSSR count). The molecular formula is C22H24N4O4S. The second-order valence-electron chi connectivity index (χ2n) is 7.75. The largest absolute Gasteiger partial charge is 0.391 e. The molecule has 162 valence electrons. The number of β-amino-alcohol motifs (C(OH)–C–C–N with tert-alkyl or cyclic N) is 1. The predicted octanol–water partition coefficient (Wildman–Crippen LogP) is 2.24. The molecule has 0 aliphatic carbocycles. The van der Waals surface area contributed by atoms with Crippen molar-refractivity contribution in [3.8, 4) is 10.4 Å². The Hall–Kier alpha value is -3.04. The number of amides is 2. The average molecular weight is 441 g/mol. The van der Waals surface area contributed by atoms with Gasteiger partial charge in [0.2, 0.25) is 11.8 Å². The standard InChI is InChI=1S/C22H24N4O4S/c1-13-6-18(30-25-13)9-20(28)26-11-17(27)8-19(26)22(29)23-10-15-4-3-5-16(7-15)21-14(2)24-12-31-21/h3-7,12,17,19,27H,8-11H2,1-2H3,(H,23,29). The Morgan fingerprint density at radius 2 is 2.16 bits per heavy atom. The molecule has 2 N–H and O–H groups in total. The first-order valence-electron chi connectivity index (χ1n) is 10.1. The highest BCUT2D eigenvalue weighted by molar-refractivity contribution is 7.13. The molecule has 2 aromatic heterocycles. The van der Waals surface area contributed by atoms with Crippen LogP contribution in [0, 0.1) is 13.8 Å². The van der Waals surface area contributed by atoms with Crippen LogP contribution in [0.3, 0.4) is 0 Å². The monoisotopic (exact) mass is 440 g/mol. The molecule has 0 saturated carbocycles. The number of hydrogen-bond acceptors (Lipinski definition) is 7. The van der Waals surface area contributed by atoms with Gasteiger partial charge in [0, 0.05) is 25.6 Å². The highest BCUT2D eigenvalue weighted by atomic mass is 32.1.